The molecule has 1 fully saturated rings. The number of rotatable bonds is 3. The summed E-state index contributed by atoms with van der Waals surface area (Å²) >= 11 is 2.60. The number of carbonyl (C=O) groups excluding carboxylic acids is 1. The molecule has 4 heterocycles. The Labute approximate surface area is 194 Å². The van der Waals surface area contributed by atoms with Crippen molar-refractivity contribution in [3.8, 4) is 12.3 Å². The van der Waals surface area contributed by atoms with Crippen molar-refractivity contribution in [1.82, 2.24) is 19.5 Å². The SMILES string of the molecule is C#Cc1ccc2cc(S(=O)(=O)N3CCN(C(=O)c4nc5c(s4)CNC(N)C5)CC3)sc2c1. The largest absolute Gasteiger partial charge is 0.334 e. The van der Waals surface area contributed by atoms with Crippen molar-refractivity contribution in [2.24, 2.45) is 5.73 Å². The van der Waals surface area contributed by atoms with Gasteiger partial charge in [0.15, 0.2) is 5.01 Å². The average molecular weight is 488 g/mol. The summed E-state index contributed by atoms with van der Waals surface area (Å²) in [6.07, 6.45) is 5.90. The molecule has 5 rings (SSSR count). The lowest BCUT2D eigenvalue weighted by Crippen LogP contribution is -2.50. The van der Waals surface area contributed by atoms with Crippen LogP contribution < -0.4 is 11.1 Å². The van der Waals surface area contributed by atoms with Gasteiger partial charge in [-0.1, -0.05) is 12.0 Å². The fourth-order valence-corrected chi connectivity index (χ4v) is 7.92. The quantitative estimate of drug-likeness (QED) is 0.541. The van der Waals surface area contributed by atoms with Gasteiger partial charge in [0.05, 0.1) is 11.9 Å². The minimum absolute atomic E-state index is 0.145. The van der Waals surface area contributed by atoms with Crippen LogP contribution >= 0.6 is 22.7 Å². The molecule has 1 aromatic carbocycles. The molecule has 0 aliphatic carbocycles. The highest BCUT2D eigenvalue weighted by Crippen LogP contribution is 2.32. The normalized spacial score (nSPS) is 19.6. The van der Waals surface area contributed by atoms with Crippen molar-refractivity contribution in [2.45, 2.75) is 23.3 Å². The molecule has 166 valence electrons. The number of hydrogen-bond acceptors (Lipinski definition) is 8. The summed E-state index contributed by atoms with van der Waals surface area (Å²) in [5, 5.41) is 4.46. The van der Waals surface area contributed by atoms with Gasteiger partial charge in [0.25, 0.3) is 15.9 Å². The topological polar surface area (TPSA) is 109 Å². The predicted octanol–water partition coefficient (Wildman–Crippen LogP) is 1.42. The lowest BCUT2D eigenvalue weighted by atomic mass is 10.2. The number of piperazine rings is 1. The van der Waals surface area contributed by atoms with Gasteiger partial charge in [-0.2, -0.15) is 4.31 Å². The number of sulfonamides is 1. The molecule has 11 heteroatoms. The van der Waals surface area contributed by atoms with Gasteiger partial charge in [-0.15, -0.1) is 29.1 Å². The molecule has 0 saturated carbocycles. The maximum Gasteiger partial charge on any atom is 0.282 e. The molecule has 0 spiro atoms. The molecule has 0 bridgehead atoms. The van der Waals surface area contributed by atoms with Crippen LogP contribution in [0.4, 0.5) is 0 Å². The summed E-state index contributed by atoms with van der Waals surface area (Å²) in [4.78, 5) is 20.1. The average Bonchev–Trinajstić information content (AvgIpc) is 3.42. The second-order valence-corrected chi connectivity index (χ2v) is 12.1. The molecular formula is C21H21N5O3S3. The third-order valence-electron chi connectivity index (χ3n) is 5.68. The van der Waals surface area contributed by atoms with Crippen LogP contribution in [0.5, 0.6) is 0 Å². The van der Waals surface area contributed by atoms with Crippen molar-refractivity contribution < 1.29 is 13.2 Å². The molecule has 1 amide bonds. The van der Waals surface area contributed by atoms with E-state index in [1.165, 1.54) is 27.0 Å². The van der Waals surface area contributed by atoms with Crippen LogP contribution in [-0.4, -0.2) is 60.9 Å². The van der Waals surface area contributed by atoms with Crippen LogP contribution in [-0.2, 0) is 23.0 Å². The first-order valence-corrected chi connectivity index (χ1v) is 13.2. The third kappa shape index (κ3) is 3.83. The van der Waals surface area contributed by atoms with Gasteiger partial charge in [0.1, 0.15) is 4.21 Å². The number of nitrogens with zero attached hydrogens (tertiary/aromatic N) is 3. The summed E-state index contributed by atoms with van der Waals surface area (Å²) in [5.41, 5.74) is 7.51. The number of thiazole rings is 1. The highest BCUT2D eigenvalue weighted by Gasteiger charge is 2.33. The molecule has 2 aliphatic rings. The third-order valence-corrected chi connectivity index (χ3v) is 10.2. The lowest BCUT2D eigenvalue weighted by Gasteiger charge is -2.33. The van der Waals surface area contributed by atoms with E-state index >= 15 is 0 Å². The summed E-state index contributed by atoms with van der Waals surface area (Å²) in [6, 6.07) is 7.15. The maximum atomic E-state index is 13.2. The van der Waals surface area contributed by atoms with Gasteiger partial charge >= 0.3 is 0 Å². The van der Waals surface area contributed by atoms with Gasteiger partial charge in [-0.05, 0) is 23.6 Å². The zero-order valence-corrected chi connectivity index (χ0v) is 19.5. The molecule has 0 radical (unpaired) electrons. The van der Waals surface area contributed by atoms with Gasteiger partial charge in [0.2, 0.25) is 0 Å². The van der Waals surface area contributed by atoms with E-state index in [9.17, 15) is 13.2 Å². The number of carbonyl (C=O) groups is 1. The minimum atomic E-state index is -3.64. The summed E-state index contributed by atoms with van der Waals surface area (Å²) < 4.78 is 28.9. The van der Waals surface area contributed by atoms with E-state index in [1.54, 1.807) is 17.0 Å². The molecular weight excluding hydrogens is 466 g/mol. The molecule has 1 saturated heterocycles. The van der Waals surface area contributed by atoms with Gasteiger partial charge < -0.3 is 10.6 Å². The Morgan fingerprint density at radius 1 is 1.22 bits per heavy atom. The molecule has 2 aliphatic heterocycles. The van der Waals surface area contributed by atoms with Crippen LogP contribution in [0.1, 0.15) is 25.9 Å². The first-order valence-electron chi connectivity index (χ1n) is 10.1. The molecule has 8 nitrogen and oxygen atoms in total. The van der Waals surface area contributed by atoms with Crippen LogP contribution in [0.15, 0.2) is 28.5 Å². The molecule has 2 aromatic heterocycles. The Hall–Kier alpha value is -2.33. The van der Waals surface area contributed by atoms with E-state index in [0.717, 1.165) is 26.2 Å². The van der Waals surface area contributed by atoms with Crippen LogP contribution in [0.2, 0.25) is 0 Å². The summed E-state index contributed by atoms with van der Waals surface area (Å²) in [7, 11) is -3.64. The number of nitrogens with two attached hydrogens (primary N) is 1. The molecule has 3 N–H and O–H groups in total. The fraction of sp³-hybridized carbons (Fsp3) is 0.333. The van der Waals surface area contributed by atoms with E-state index in [0.29, 0.717) is 31.1 Å². The number of aromatic nitrogens is 1. The maximum absolute atomic E-state index is 13.2. The zero-order valence-electron chi connectivity index (χ0n) is 17.1. The van der Waals surface area contributed by atoms with Crippen molar-refractivity contribution in [3.63, 3.8) is 0 Å². The minimum Gasteiger partial charge on any atom is -0.334 e. The monoisotopic (exact) mass is 487 g/mol. The second-order valence-electron chi connectivity index (χ2n) is 7.74. The Kier molecular flexibility index (Phi) is 5.53. The first-order chi connectivity index (χ1) is 15.3. The summed E-state index contributed by atoms with van der Waals surface area (Å²) in [5.74, 6) is 2.42. The number of hydrogen-bond donors (Lipinski definition) is 2. The Balaban J connectivity index is 1.29. The van der Waals surface area contributed by atoms with Gasteiger partial charge in [-0.3, -0.25) is 10.1 Å². The first kappa shape index (κ1) is 21.5. The van der Waals surface area contributed by atoms with E-state index in [1.807, 2.05) is 12.1 Å². The van der Waals surface area contributed by atoms with Crippen molar-refractivity contribution >= 4 is 48.7 Å². The Morgan fingerprint density at radius 2 is 2.00 bits per heavy atom. The highest BCUT2D eigenvalue weighted by molar-refractivity contribution is 7.91. The zero-order chi connectivity index (χ0) is 22.5. The van der Waals surface area contributed by atoms with E-state index in [2.05, 4.69) is 16.2 Å². The number of thiophene rings is 1. The van der Waals surface area contributed by atoms with Crippen molar-refractivity contribution in [3.05, 3.63) is 45.4 Å². The van der Waals surface area contributed by atoms with E-state index in [4.69, 9.17) is 12.2 Å². The number of nitrogens with one attached hydrogen (secondary N) is 1. The van der Waals surface area contributed by atoms with Crippen molar-refractivity contribution in [2.75, 3.05) is 26.2 Å². The number of benzene rings is 1. The van der Waals surface area contributed by atoms with E-state index < -0.39 is 10.0 Å². The predicted molar refractivity (Wildman–Crippen MR) is 125 cm³/mol. The van der Waals surface area contributed by atoms with E-state index in [-0.39, 0.29) is 29.4 Å². The molecule has 32 heavy (non-hydrogen) atoms. The Morgan fingerprint density at radius 3 is 2.75 bits per heavy atom. The molecule has 1 unspecified atom stereocenters. The highest BCUT2D eigenvalue weighted by atomic mass is 32.2. The van der Waals surface area contributed by atoms with Crippen LogP contribution in [0.25, 0.3) is 10.1 Å². The molecule has 3 aromatic rings. The van der Waals surface area contributed by atoms with Gasteiger partial charge in [0, 0.05) is 54.3 Å². The lowest BCUT2D eigenvalue weighted by molar-refractivity contribution is 0.0697. The smallest absolute Gasteiger partial charge is 0.282 e. The Bertz CT molecular complexity index is 1350. The van der Waals surface area contributed by atoms with Crippen LogP contribution in [0.3, 0.4) is 0 Å². The number of amides is 1. The summed E-state index contributed by atoms with van der Waals surface area (Å²) in [6.45, 7) is 1.76. The molecule has 1 atom stereocenters. The number of terminal acetylenes is 1. The second kappa shape index (κ2) is 8.22. The number of fused-ring (bicyclic) bond motifs is 2. The fourth-order valence-electron chi connectivity index (χ4n) is 3.89. The van der Waals surface area contributed by atoms with Crippen LogP contribution in [0, 0.1) is 12.3 Å². The standard InChI is InChI=1S/C21H21N5O3S3/c1-2-13-3-4-14-10-19(30-16(14)9-13)32(28,29)26-7-5-25(6-8-26)21(27)20-24-15-11-18(22)23-12-17(15)31-20/h1,3-4,9-10,18,23H,5-8,11-12,22H2. The van der Waals surface area contributed by atoms with Crippen molar-refractivity contribution in [1.29, 1.82) is 0 Å². The van der Waals surface area contributed by atoms with Gasteiger partial charge in [-0.25, -0.2) is 13.4 Å².